The predicted molar refractivity (Wildman–Crippen MR) is 79.4 cm³/mol. The van der Waals surface area contributed by atoms with Gasteiger partial charge in [0.05, 0.1) is 13.2 Å². The molecule has 1 aromatic carbocycles. The zero-order chi connectivity index (χ0) is 13.9. The maximum Gasteiger partial charge on any atom is 0.193 e. The van der Waals surface area contributed by atoms with E-state index in [-0.39, 0.29) is 0 Å². The number of hydrogen-bond donors (Lipinski definition) is 2. The van der Waals surface area contributed by atoms with Gasteiger partial charge in [-0.2, -0.15) is 0 Å². The van der Waals surface area contributed by atoms with Gasteiger partial charge in [-0.25, -0.2) is 0 Å². The third-order valence-corrected chi connectivity index (χ3v) is 3.79. The molecule has 0 saturated heterocycles. The largest absolute Gasteiger partial charge is 0.490 e. The summed E-state index contributed by atoms with van der Waals surface area (Å²) in [6.07, 6.45) is 2.17. The fourth-order valence-electron chi connectivity index (χ4n) is 2.30. The highest BCUT2D eigenvalue weighted by Gasteiger charge is 2.31. The number of hydrogen-bond acceptors (Lipinski definition) is 3. The van der Waals surface area contributed by atoms with E-state index in [1.807, 2.05) is 18.2 Å². The third kappa shape index (κ3) is 3.15. The van der Waals surface area contributed by atoms with Crippen molar-refractivity contribution < 1.29 is 9.47 Å². The van der Waals surface area contributed by atoms with Crippen LogP contribution in [0.25, 0.3) is 0 Å². The standard InChI is InChI=1S/C15H21N3O2/c1-10-7-11(10)9-17-15(16)18-12-3-4-13-14(8-12)20-6-2-5-19-13/h3-4,8,10-11H,2,5-7,9H2,1H3,(H3,16,17,18). The van der Waals surface area contributed by atoms with Gasteiger partial charge in [0.1, 0.15) is 0 Å². The molecule has 5 heteroatoms. The normalized spacial score (nSPS) is 24.9. The molecule has 1 aliphatic heterocycles. The van der Waals surface area contributed by atoms with Crippen molar-refractivity contribution in [1.82, 2.24) is 0 Å². The number of nitrogens with one attached hydrogen (secondary N) is 1. The maximum atomic E-state index is 5.90. The minimum Gasteiger partial charge on any atom is -0.490 e. The molecule has 0 spiro atoms. The summed E-state index contributed by atoms with van der Waals surface area (Å²) in [6, 6.07) is 5.73. The van der Waals surface area contributed by atoms with Gasteiger partial charge in [-0.3, -0.25) is 4.99 Å². The molecule has 0 amide bonds. The molecule has 0 bridgehead atoms. The Bertz CT molecular complexity index is 516. The number of anilines is 1. The van der Waals surface area contributed by atoms with Gasteiger partial charge in [0, 0.05) is 24.7 Å². The van der Waals surface area contributed by atoms with E-state index in [1.54, 1.807) is 0 Å². The summed E-state index contributed by atoms with van der Waals surface area (Å²) in [5.41, 5.74) is 6.78. The molecule has 0 radical (unpaired) electrons. The van der Waals surface area contributed by atoms with E-state index in [0.717, 1.165) is 36.1 Å². The molecular weight excluding hydrogens is 254 g/mol. The van der Waals surface area contributed by atoms with Crippen molar-refractivity contribution in [3.05, 3.63) is 18.2 Å². The predicted octanol–water partition coefficient (Wildman–Crippen LogP) is 2.23. The minimum atomic E-state index is 0.457. The number of ether oxygens (including phenoxy) is 2. The first-order valence-electron chi connectivity index (χ1n) is 7.19. The Balaban J connectivity index is 1.63. The molecule has 1 fully saturated rings. The van der Waals surface area contributed by atoms with Gasteiger partial charge in [-0.05, 0) is 30.4 Å². The maximum absolute atomic E-state index is 5.90. The van der Waals surface area contributed by atoms with Crippen LogP contribution in [-0.2, 0) is 0 Å². The molecule has 2 atom stereocenters. The van der Waals surface area contributed by atoms with Crippen molar-refractivity contribution in [2.75, 3.05) is 25.1 Å². The van der Waals surface area contributed by atoms with Crippen LogP contribution in [0.4, 0.5) is 5.69 Å². The summed E-state index contributed by atoms with van der Waals surface area (Å²) in [5, 5.41) is 3.10. The van der Waals surface area contributed by atoms with E-state index in [4.69, 9.17) is 15.2 Å². The fourth-order valence-corrected chi connectivity index (χ4v) is 2.30. The van der Waals surface area contributed by atoms with Crippen LogP contribution in [0.15, 0.2) is 23.2 Å². The molecule has 2 aliphatic rings. The molecular formula is C15H21N3O2. The van der Waals surface area contributed by atoms with Gasteiger partial charge in [-0.15, -0.1) is 0 Å². The van der Waals surface area contributed by atoms with Crippen LogP contribution in [0.1, 0.15) is 19.8 Å². The average Bonchev–Trinajstić information content (AvgIpc) is 3.18. The first-order valence-corrected chi connectivity index (χ1v) is 7.19. The minimum absolute atomic E-state index is 0.457. The molecule has 3 rings (SSSR count). The van der Waals surface area contributed by atoms with Crippen molar-refractivity contribution in [3.63, 3.8) is 0 Å². The van der Waals surface area contributed by atoms with Crippen molar-refractivity contribution in [3.8, 4) is 11.5 Å². The molecule has 1 aromatic rings. The fraction of sp³-hybridized carbons (Fsp3) is 0.533. The lowest BCUT2D eigenvalue weighted by Gasteiger charge is -2.10. The summed E-state index contributed by atoms with van der Waals surface area (Å²) < 4.78 is 11.2. The molecule has 1 saturated carbocycles. The van der Waals surface area contributed by atoms with Crippen LogP contribution < -0.4 is 20.5 Å². The van der Waals surface area contributed by atoms with Crippen molar-refractivity contribution in [2.45, 2.75) is 19.8 Å². The van der Waals surface area contributed by atoms with Gasteiger partial charge < -0.3 is 20.5 Å². The Hall–Kier alpha value is -1.91. The van der Waals surface area contributed by atoms with E-state index in [2.05, 4.69) is 17.2 Å². The zero-order valence-electron chi connectivity index (χ0n) is 11.8. The van der Waals surface area contributed by atoms with E-state index < -0.39 is 0 Å². The van der Waals surface area contributed by atoms with Crippen LogP contribution in [0.3, 0.4) is 0 Å². The van der Waals surface area contributed by atoms with E-state index in [0.29, 0.717) is 25.1 Å². The third-order valence-electron chi connectivity index (χ3n) is 3.79. The summed E-state index contributed by atoms with van der Waals surface area (Å²) >= 11 is 0. The van der Waals surface area contributed by atoms with E-state index >= 15 is 0 Å². The Morgan fingerprint density at radius 3 is 2.85 bits per heavy atom. The topological polar surface area (TPSA) is 68.9 Å². The van der Waals surface area contributed by atoms with Gasteiger partial charge in [0.15, 0.2) is 17.5 Å². The van der Waals surface area contributed by atoms with Crippen LogP contribution in [-0.4, -0.2) is 25.7 Å². The van der Waals surface area contributed by atoms with E-state index in [1.165, 1.54) is 6.42 Å². The number of nitrogens with two attached hydrogens (primary N) is 1. The first kappa shape index (κ1) is 13.1. The van der Waals surface area contributed by atoms with Gasteiger partial charge in [0.2, 0.25) is 0 Å². The second-order valence-electron chi connectivity index (χ2n) is 5.54. The number of rotatable bonds is 3. The monoisotopic (exact) mass is 275 g/mol. The first-order chi connectivity index (χ1) is 9.72. The van der Waals surface area contributed by atoms with Gasteiger partial charge in [0.25, 0.3) is 0 Å². The van der Waals surface area contributed by atoms with Crippen molar-refractivity contribution >= 4 is 11.6 Å². The van der Waals surface area contributed by atoms with Crippen LogP contribution in [0, 0.1) is 11.8 Å². The molecule has 0 aromatic heterocycles. The molecule has 1 heterocycles. The highest BCUT2D eigenvalue weighted by molar-refractivity contribution is 5.92. The Morgan fingerprint density at radius 2 is 2.10 bits per heavy atom. The lowest BCUT2D eigenvalue weighted by Crippen LogP contribution is -2.23. The number of benzene rings is 1. The van der Waals surface area contributed by atoms with E-state index in [9.17, 15) is 0 Å². The van der Waals surface area contributed by atoms with Crippen LogP contribution >= 0.6 is 0 Å². The van der Waals surface area contributed by atoms with Gasteiger partial charge in [-0.1, -0.05) is 6.92 Å². The second-order valence-corrected chi connectivity index (χ2v) is 5.54. The summed E-state index contributed by atoms with van der Waals surface area (Å²) in [5.74, 6) is 3.51. The smallest absolute Gasteiger partial charge is 0.193 e. The molecule has 5 nitrogen and oxygen atoms in total. The van der Waals surface area contributed by atoms with Gasteiger partial charge >= 0.3 is 0 Å². The highest BCUT2D eigenvalue weighted by Crippen LogP contribution is 2.37. The molecule has 108 valence electrons. The second kappa shape index (κ2) is 5.61. The number of fused-ring (bicyclic) bond motifs is 1. The molecule has 1 aliphatic carbocycles. The zero-order valence-corrected chi connectivity index (χ0v) is 11.8. The average molecular weight is 275 g/mol. The summed E-state index contributed by atoms with van der Waals surface area (Å²) in [7, 11) is 0. The Morgan fingerprint density at radius 1 is 1.35 bits per heavy atom. The Labute approximate surface area is 119 Å². The summed E-state index contributed by atoms with van der Waals surface area (Å²) in [4.78, 5) is 4.37. The quantitative estimate of drug-likeness (QED) is 0.655. The number of guanidine groups is 1. The lowest BCUT2D eigenvalue weighted by molar-refractivity contribution is 0.297. The molecule has 2 unspecified atom stereocenters. The molecule has 20 heavy (non-hydrogen) atoms. The van der Waals surface area contributed by atoms with Crippen molar-refractivity contribution in [2.24, 2.45) is 22.6 Å². The SMILES string of the molecule is CC1CC1CN=C(N)Nc1ccc2c(c1)OCCCO2. The van der Waals surface area contributed by atoms with Crippen molar-refractivity contribution in [1.29, 1.82) is 0 Å². The lowest BCUT2D eigenvalue weighted by atomic mass is 10.3. The Kier molecular flexibility index (Phi) is 3.67. The number of aliphatic imine (C=N–C) groups is 1. The number of nitrogens with zero attached hydrogens (tertiary/aromatic N) is 1. The molecule has 3 N–H and O–H groups in total. The van der Waals surface area contributed by atoms with Crippen LogP contribution in [0.2, 0.25) is 0 Å². The van der Waals surface area contributed by atoms with Crippen LogP contribution in [0.5, 0.6) is 11.5 Å². The summed E-state index contributed by atoms with van der Waals surface area (Å²) in [6.45, 7) is 4.43. The highest BCUT2D eigenvalue weighted by atomic mass is 16.5.